The molecule has 1 unspecified atom stereocenters. The van der Waals surface area contributed by atoms with Gasteiger partial charge in [0.25, 0.3) is 0 Å². The Hall–Kier alpha value is -3.14. The van der Waals surface area contributed by atoms with E-state index in [0.29, 0.717) is 5.82 Å². The molecule has 1 heterocycles. The molecule has 3 aromatic rings. The largest absolute Gasteiger partial charge is 0.485 e. The second kappa shape index (κ2) is 9.99. The van der Waals surface area contributed by atoms with E-state index in [2.05, 4.69) is 29.4 Å². The Balaban J connectivity index is 1.66. The van der Waals surface area contributed by atoms with Gasteiger partial charge in [-0.25, -0.2) is 13.5 Å². The Morgan fingerprint density at radius 1 is 1.19 bits per heavy atom. The van der Waals surface area contributed by atoms with Crippen LogP contribution in [-0.2, 0) is 11.4 Å². The minimum Gasteiger partial charge on any atom is -0.485 e. The summed E-state index contributed by atoms with van der Waals surface area (Å²) in [6.45, 7) is 7.81. The molecule has 3 rings (SSSR count). The highest BCUT2D eigenvalue weighted by molar-refractivity contribution is 8.00. The smallest absolute Gasteiger partial charge is 0.237 e. The quantitative estimate of drug-likeness (QED) is 0.381. The lowest BCUT2D eigenvalue weighted by atomic mass is 10.0. The predicted molar refractivity (Wildman–Crippen MR) is 120 cm³/mol. The zero-order chi connectivity index (χ0) is 23.4. The normalized spacial score (nSPS) is 12.1. The molecular formula is C22H25F2N5O2S. The van der Waals surface area contributed by atoms with Gasteiger partial charge < -0.3 is 15.9 Å². The number of carbonyl (C=O) groups excluding carboxylic acids is 1. The predicted octanol–water partition coefficient (Wildman–Crippen LogP) is 4.40. The van der Waals surface area contributed by atoms with Crippen LogP contribution in [0, 0.1) is 18.6 Å². The number of para-hydroxylation sites is 1. The number of amides is 1. The first-order chi connectivity index (χ1) is 15.2. The number of benzene rings is 2. The van der Waals surface area contributed by atoms with Crippen molar-refractivity contribution in [1.82, 2.24) is 14.9 Å². The maximum absolute atomic E-state index is 13.8. The molecule has 1 aromatic heterocycles. The molecule has 0 saturated heterocycles. The maximum atomic E-state index is 13.8. The summed E-state index contributed by atoms with van der Waals surface area (Å²) in [7, 11) is 0. The van der Waals surface area contributed by atoms with E-state index in [9.17, 15) is 13.6 Å². The summed E-state index contributed by atoms with van der Waals surface area (Å²) in [6.07, 6.45) is 0. The zero-order valence-corrected chi connectivity index (χ0v) is 19.0. The van der Waals surface area contributed by atoms with Gasteiger partial charge >= 0.3 is 0 Å². The second-order valence-corrected chi connectivity index (χ2v) is 8.91. The van der Waals surface area contributed by atoms with E-state index in [0.717, 1.165) is 40.8 Å². The van der Waals surface area contributed by atoms with Gasteiger partial charge in [-0.2, -0.15) is 0 Å². The lowest BCUT2D eigenvalue weighted by molar-refractivity contribution is -0.115. The maximum Gasteiger partial charge on any atom is 0.237 e. The van der Waals surface area contributed by atoms with Crippen LogP contribution in [-0.4, -0.2) is 26.0 Å². The molecule has 1 atom stereocenters. The van der Waals surface area contributed by atoms with Crippen LogP contribution in [0.5, 0.6) is 5.75 Å². The third-order valence-electron chi connectivity index (χ3n) is 4.75. The van der Waals surface area contributed by atoms with Crippen molar-refractivity contribution in [2.75, 3.05) is 11.2 Å². The molecule has 0 saturated carbocycles. The minimum atomic E-state index is -0.853. The first-order valence-electron chi connectivity index (χ1n) is 10.0. The molecule has 10 heteroatoms. The standard InChI is InChI=1S/C22H25F2N5O2S/c1-12(2)15-9-8-13(3)10-18(15)31-11-19-27-28-22(29(19)25)32-14(4)21(30)26-20-16(23)6-5-7-17(20)24/h5-10,12,14H,11,25H2,1-4H3,(H,26,30). The summed E-state index contributed by atoms with van der Waals surface area (Å²) in [5.41, 5.74) is 1.65. The number of halogens is 2. The molecule has 2 aromatic carbocycles. The molecule has 0 radical (unpaired) electrons. The van der Waals surface area contributed by atoms with Crippen LogP contribution in [0.2, 0.25) is 0 Å². The molecule has 0 aliphatic carbocycles. The molecule has 32 heavy (non-hydrogen) atoms. The summed E-state index contributed by atoms with van der Waals surface area (Å²) >= 11 is 1.01. The van der Waals surface area contributed by atoms with Crippen LogP contribution in [0.4, 0.5) is 14.5 Å². The fraction of sp³-hybridized carbons (Fsp3) is 0.318. The van der Waals surface area contributed by atoms with Crippen LogP contribution >= 0.6 is 11.8 Å². The van der Waals surface area contributed by atoms with Crippen LogP contribution in [0.3, 0.4) is 0 Å². The lowest BCUT2D eigenvalue weighted by Crippen LogP contribution is -2.25. The molecule has 1 amide bonds. The van der Waals surface area contributed by atoms with E-state index in [1.165, 1.54) is 10.7 Å². The summed E-state index contributed by atoms with van der Waals surface area (Å²) in [5.74, 6) is 5.18. The van der Waals surface area contributed by atoms with Crippen molar-refractivity contribution < 1.29 is 18.3 Å². The fourth-order valence-corrected chi connectivity index (χ4v) is 3.71. The van der Waals surface area contributed by atoms with E-state index in [1.54, 1.807) is 6.92 Å². The highest BCUT2D eigenvalue weighted by Crippen LogP contribution is 2.29. The topological polar surface area (TPSA) is 95.1 Å². The average Bonchev–Trinajstić information content (AvgIpc) is 3.08. The number of nitrogens with one attached hydrogen (secondary N) is 1. The van der Waals surface area contributed by atoms with Crippen molar-refractivity contribution in [3.8, 4) is 5.75 Å². The lowest BCUT2D eigenvalue weighted by Gasteiger charge is -2.15. The molecule has 0 bridgehead atoms. The van der Waals surface area contributed by atoms with Gasteiger partial charge in [0.15, 0.2) is 5.82 Å². The van der Waals surface area contributed by atoms with Crippen LogP contribution < -0.4 is 15.9 Å². The molecule has 7 nitrogen and oxygen atoms in total. The van der Waals surface area contributed by atoms with Crippen molar-refractivity contribution in [2.45, 2.75) is 50.6 Å². The number of thioether (sulfide) groups is 1. The van der Waals surface area contributed by atoms with Crippen molar-refractivity contribution in [3.05, 3.63) is 65.0 Å². The number of hydrogen-bond donors (Lipinski definition) is 2. The Bertz CT molecular complexity index is 1100. The monoisotopic (exact) mass is 461 g/mol. The molecule has 3 N–H and O–H groups in total. The first-order valence-corrected chi connectivity index (χ1v) is 10.9. The zero-order valence-electron chi connectivity index (χ0n) is 18.2. The van der Waals surface area contributed by atoms with Crippen LogP contribution in [0.25, 0.3) is 0 Å². The Morgan fingerprint density at radius 2 is 1.88 bits per heavy atom. The van der Waals surface area contributed by atoms with Gasteiger partial charge in [-0.1, -0.05) is 43.8 Å². The van der Waals surface area contributed by atoms with Crippen LogP contribution in [0.1, 0.15) is 43.6 Å². The molecule has 0 fully saturated rings. The minimum absolute atomic E-state index is 0.0915. The fourth-order valence-electron chi connectivity index (χ4n) is 2.93. The average molecular weight is 462 g/mol. The van der Waals surface area contributed by atoms with E-state index < -0.39 is 28.5 Å². The van der Waals surface area contributed by atoms with Crippen molar-refractivity contribution in [2.24, 2.45) is 0 Å². The van der Waals surface area contributed by atoms with Gasteiger partial charge in [-0.15, -0.1) is 10.2 Å². The summed E-state index contributed by atoms with van der Waals surface area (Å²) in [4.78, 5) is 12.4. The number of nitrogens with two attached hydrogens (primary N) is 1. The molecule has 170 valence electrons. The highest BCUT2D eigenvalue weighted by atomic mass is 32.2. The summed E-state index contributed by atoms with van der Waals surface area (Å²) in [5, 5.41) is 9.85. The number of aryl methyl sites for hydroxylation is 1. The van der Waals surface area contributed by atoms with Crippen molar-refractivity contribution in [1.29, 1.82) is 0 Å². The Labute approximate surface area is 189 Å². The summed E-state index contributed by atoms with van der Waals surface area (Å²) in [6, 6.07) is 9.37. The Kier molecular flexibility index (Phi) is 7.34. The highest BCUT2D eigenvalue weighted by Gasteiger charge is 2.22. The molecule has 0 spiro atoms. The van der Waals surface area contributed by atoms with Gasteiger partial charge in [0.2, 0.25) is 11.1 Å². The number of nitrogens with zero attached hydrogens (tertiary/aromatic N) is 3. The van der Waals surface area contributed by atoms with E-state index in [1.807, 2.05) is 25.1 Å². The molecule has 0 aliphatic heterocycles. The van der Waals surface area contributed by atoms with E-state index in [-0.39, 0.29) is 17.7 Å². The number of ether oxygens (including phenoxy) is 1. The number of aromatic nitrogens is 3. The van der Waals surface area contributed by atoms with E-state index in [4.69, 9.17) is 10.6 Å². The van der Waals surface area contributed by atoms with Crippen LogP contribution in [0.15, 0.2) is 41.6 Å². The second-order valence-electron chi connectivity index (χ2n) is 7.60. The third-order valence-corrected chi connectivity index (χ3v) is 5.80. The first kappa shape index (κ1) is 23.5. The number of anilines is 1. The number of nitrogen functional groups attached to an aromatic ring is 1. The van der Waals surface area contributed by atoms with Gasteiger partial charge in [0, 0.05) is 0 Å². The van der Waals surface area contributed by atoms with Gasteiger partial charge in [0.1, 0.15) is 29.7 Å². The number of hydrogen-bond acceptors (Lipinski definition) is 6. The number of carbonyl (C=O) groups is 1. The molecule has 0 aliphatic rings. The van der Waals surface area contributed by atoms with Crippen molar-refractivity contribution in [3.63, 3.8) is 0 Å². The van der Waals surface area contributed by atoms with E-state index >= 15 is 0 Å². The van der Waals surface area contributed by atoms with Crippen molar-refractivity contribution >= 4 is 23.4 Å². The third kappa shape index (κ3) is 5.37. The van der Waals surface area contributed by atoms with Gasteiger partial charge in [0.05, 0.1) is 5.25 Å². The number of rotatable bonds is 8. The summed E-state index contributed by atoms with van der Waals surface area (Å²) < 4.78 is 34.7. The van der Waals surface area contributed by atoms with Gasteiger partial charge in [-0.3, -0.25) is 4.79 Å². The van der Waals surface area contributed by atoms with Gasteiger partial charge in [-0.05, 0) is 49.1 Å². The Morgan fingerprint density at radius 3 is 2.53 bits per heavy atom. The SMILES string of the molecule is Cc1ccc(C(C)C)c(OCc2nnc(SC(C)C(=O)Nc3c(F)cccc3F)n2N)c1. The molecular weight excluding hydrogens is 436 g/mol.